The molecule has 0 saturated carbocycles. The van der Waals surface area contributed by atoms with E-state index >= 15 is 0 Å². The molecule has 24 heavy (non-hydrogen) atoms. The van der Waals surface area contributed by atoms with Crippen molar-refractivity contribution in [2.75, 3.05) is 18.0 Å². The van der Waals surface area contributed by atoms with Crippen molar-refractivity contribution in [2.45, 2.75) is 6.92 Å². The van der Waals surface area contributed by atoms with Crippen LogP contribution in [0.1, 0.15) is 17.3 Å². The largest absolute Gasteiger partial charge is 0.350 e. The molecular weight excluding hydrogens is 354 g/mol. The van der Waals surface area contributed by atoms with Crippen molar-refractivity contribution in [1.82, 2.24) is 5.32 Å². The Bertz CT molecular complexity index is 748. The molecule has 0 saturated heterocycles. The number of hydrogen-bond acceptors (Lipinski definition) is 2. The number of rotatable bonds is 5. The number of amides is 2. The van der Waals surface area contributed by atoms with E-state index in [1.165, 1.54) is 24.0 Å². The van der Waals surface area contributed by atoms with Crippen molar-refractivity contribution in [3.63, 3.8) is 0 Å². The molecule has 2 aromatic carbocycles. The van der Waals surface area contributed by atoms with Gasteiger partial charge in [-0.25, -0.2) is 4.39 Å². The lowest BCUT2D eigenvalue weighted by Crippen LogP contribution is -2.37. The minimum Gasteiger partial charge on any atom is -0.350 e. The number of halogens is 3. The van der Waals surface area contributed by atoms with Crippen molar-refractivity contribution in [3.8, 4) is 0 Å². The molecule has 0 aliphatic carbocycles. The van der Waals surface area contributed by atoms with E-state index in [-0.39, 0.29) is 29.6 Å². The molecule has 2 rings (SSSR count). The molecule has 0 atom stereocenters. The maximum Gasteiger partial charge on any atom is 0.255 e. The molecule has 7 heteroatoms. The first-order valence-corrected chi connectivity index (χ1v) is 7.91. The molecule has 4 nitrogen and oxygen atoms in total. The molecule has 0 spiro atoms. The molecule has 0 radical (unpaired) electrons. The molecular formula is C17H15Cl2FN2O2. The van der Waals surface area contributed by atoms with Gasteiger partial charge < -0.3 is 10.2 Å². The zero-order valence-corrected chi connectivity index (χ0v) is 14.4. The van der Waals surface area contributed by atoms with Gasteiger partial charge in [-0.1, -0.05) is 35.3 Å². The summed E-state index contributed by atoms with van der Waals surface area (Å²) in [6, 6.07) is 10.8. The predicted octanol–water partition coefficient (Wildman–Crippen LogP) is 3.92. The van der Waals surface area contributed by atoms with Crippen LogP contribution in [-0.4, -0.2) is 24.9 Å². The first-order chi connectivity index (χ1) is 11.4. The molecule has 2 amide bonds. The van der Waals surface area contributed by atoms with Gasteiger partial charge in [0.25, 0.3) is 5.91 Å². The summed E-state index contributed by atoms with van der Waals surface area (Å²) in [4.78, 5) is 25.3. The maximum atomic E-state index is 13.7. The minimum atomic E-state index is -0.696. The molecule has 0 aliphatic heterocycles. The predicted molar refractivity (Wildman–Crippen MR) is 93.2 cm³/mol. The second-order valence-corrected chi connectivity index (χ2v) is 5.85. The van der Waals surface area contributed by atoms with Gasteiger partial charge in [0.15, 0.2) is 0 Å². The van der Waals surface area contributed by atoms with Crippen molar-refractivity contribution >= 4 is 40.7 Å². The van der Waals surface area contributed by atoms with Crippen LogP contribution in [0.4, 0.5) is 10.1 Å². The van der Waals surface area contributed by atoms with Crippen LogP contribution in [0.25, 0.3) is 0 Å². The van der Waals surface area contributed by atoms with Crippen LogP contribution in [0.2, 0.25) is 10.0 Å². The fourth-order valence-corrected chi connectivity index (χ4v) is 2.63. The summed E-state index contributed by atoms with van der Waals surface area (Å²) >= 11 is 11.8. The Morgan fingerprint density at radius 1 is 1.17 bits per heavy atom. The second-order valence-electron chi connectivity index (χ2n) is 5.00. The summed E-state index contributed by atoms with van der Waals surface area (Å²) in [5.74, 6) is -1.53. The third-order valence-corrected chi connectivity index (χ3v) is 3.86. The average Bonchev–Trinajstić information content (AvgIpc) is 2.51. The Hall–Kier alpha value is -2.11. The number of nitrogens with one attached hydrogen (secondary N) is 1. The number of nitrogens with zero attached hydrogens (tertiary/aromatic N) is 1. The molecule has 0 fully saturated rings. The Morgan fingerprint density at radius 3 is 2.50 bits per heavy atom. The lowest BCUT2D eigenvalue weighted by Gasteiger charge is -2.21. The molecule has 126 valence electrons. The van der Waals surface area contributed by atoms with Gasteiger partial charge in [0.2, 0.25) is 5.91 Å². The van der Waals surface area contributed by atoms with E-state index in [0.29, 0.717) is 10.7 Å². The van der Waals surface area contributed by atoms with Crippen molar-refractivity contribution in [1.29, 1.82) is 0 Å². The number of carbonyl (C=O) groups is 2. The summed E-state index contributed by atoms with van der Waals surface area (Å²) in [6.07, 6.45) is 0. The summed E-state index contributed by atoms with van der Waals surface area (Å²) in [7, 11) is 0. The summed E-state index contributed by atoms with van der Waals surface area (Å²) in [6.45, 7) is 1.76. The van der Waals surface area contributed by atoms with E-state index in [2.05, 4.69) is 5.32 Å². The molecule has 1 N–H and O–H groups in total. The van der Waals surface area contributed by atoms with Crippen LogP contribution < -0.4 is 10.2 Å². The van der Waals surface area contributed by atoms with E-state index in [4.69, 9.17) is 23.2 Å². The van der Waals surface area contributed by atoms with Gasteiger partial charge in [0.05, 0.1) is 10.6 Å². The number of anilines is 1. The normalized spacial score (nSPS) is 10.3. The highest BCUT2D eigenvalue weighted by molar-refractivity contribution is 6.33. The smallest absolute Gasteiger partial charge is 0.255 e. The quantitative estimate of drug-likeness (QED) is 0.869. The van der Waals surface area contributed by atoms with E-state index < -0.39 is 11.7 Å². The average molecular weight is 369 g/mol. The van der Waals surface area contributed by atoms with Crippen molar-refractivity contribution in [3.05, 3.63) is 63.9 Å². The van der Waals surface area contributed by atoms with Gasteiger partial charge in [-0.3, -0.25) is 9.59 Å². The van der Waals surface area contributed by atoms with Gasteiger partial charge in [0.1, 0.15) is 5.82 Å². The first-order valence-electron chi connectivity index (χ1n) is 7.16. The van der Waals surface area contributed by atoms with Crippen LogP contribution >= 0.6 is 23.2 Å². The zero-order valence-electron chi connectivity index (χ0n) is 12.9. The van der Waals surface area contributed by atoms with Crippen LogP contribution in [0.3, 0.4) is 0 Å². The van der Waals surface area contributed by atoms with Crippen LogP contribution in [0.5, 0.6) is 0 Å². The zero-order chi connectivity index (χ0) is 17.7. The highest BCUT2D eigenvalue weighted by Gasteiger charge is 2.17. The van der Waals surface area contributed by atoms with Crippen LogP contribution in [0, 0.1) is 5.82 Å². The summed E-state index contributed by atoms with van der Waals surface area (Å²) in [5, 5.41) is 3.09. The first kappa shape index (κ1) is 18.2. The Balaban J connectivity index is 2.03. The van der Waals surface area contributed by atoms with Crippen molar-refractivity contribution < 1.29 is 14.0 Å². The van der Waals surface area contributed by atoms with E-state index in [0.717, 1.165) is 6.07 Å². The Labute approximate surface area is 149 Å². The fraction of sp³-hybridized carbons (Fsp3) is 0.176. The van der Waals surface area contributed by atoms with E-state index in [1.807, 2.05) is 0 Å². The second kappa shape index (κ2) is 8.13. The molecule has 0 heterocycles. The number of hydrogen-bond donors (Lipinski definition) is 1. The van der Waals surface area contributed by atoms with Gasteiger partial charge in [-0.2, -0.15) is 0 Å². The number of carbonyl (C=O) groups excluding carboxylic acids is 2. The molecule has 0 unspecified atom stereocenters. The SMILES string of the molecule is CC(=O)N(CCNC(=O)c1c(F)cccc1Cl)c1cccc(Cl)c1. The highest BCUT2D eigenvalue weighted by Crippen LogP contribution is 2.20. The van der Waals surface area contributed by atoms with E-state index in [9.17, 15) is 14.0 Å². The monoisotopic (exact) mass is 368 g/mol. The van der Waals surface area contributed by atoms with Gasteiger partial charge in [0, 0.05) is 30.7 Å². The standard InChI is InChI=1S/C17H15Cl2FN2O2/c1-11(23)22(13-5-2-4-12(18)10-13)9-8-21-17(24)16-14(19)6-3-7-15(16)20/h2-7,10H,8-9H2,1H3,(H,21,24). The number of benzene rings is 2. The minimum absolute atomic E-state index is 0.0331. The fourth-order valence-electron chi connectivity index (χ4n) is 2.20. The lowest BCUT2D eigenvalue weighted by atomic mass is 10.2. The van der Waals surface area contributed by atoms with E-state index in [1.54, 1.807) is 24.3 Å². The topological polar surface area (TPSA) is 49.4 Å². The lowest BCUT2D eigenvalue weighted by molar-refractivity contribution is -0.116. The molecule has 0 aromatic heterocycles. The Morgan fingerprint density at radius 2 is 1.88 bits per heavy atom. The molecule has 2 aromatic rings. The molecule has 0 bridgehead atoms. The third kappa shape index (κ3) is 4.46. The van der Waals surface area contributed by atoms with Gasteiger partial charge >= 0.3 is 0 Å². The third-order valence-electron chi connectivity index (χ3n) is 3.31. The summed E-state index contributed by atoms with van der Waals surface area (Å²) in [5.41, 5.74) is 0.407. The van der Waals surface area contributed by atoms with Crippen LogP contribution in [0.15, 0.2) is 42.5 Å². The van der Waals surface area contributed by atoms with Gasteiger partial charge in [-0.15, -0.1) is 0 Å². The summed E-state index contributed by atoms with van der Waals surface area (Å²) < 4.78 is 13.7. The molecule has 0 aliphatic rings. The van der Waals surface area contributed by atoms with Gasteiger partial charge in [-0.05, 0) is 30.3 Å². The highest BCUT2D eigenvalue weighted by atomic mass is 35.5. The van der Waals surface area contributed by atoms with Crippen molar-refractivity contribution in [2.24, 2.45) is 0 Å². The maximum absolute atomic E-state index is 13.7. The Kier molecular flexibility index (Phi) is 6.17. The van der Waals surface area contributed by atoms with Crippen LogP contribution in [-0.2, 0) is 4.79 Å².